The lowest BCUT2D eigenvalue weighted by Crippen LogP contribution is -2.16. The van der Waals surface area contributed by atoms with Gasteiger partial charge in [-0.3, -0.25) is 4.68 Å². The molecule has 2 aromatic rings. The maximum atomic E-state index is 10.7. The minimum absolute atomic E-state index is 0.0824. The van der Waals surface area contributed by atoms with Crippen LogP contribution in [0.3, 0.4) is 0 Å². The molecule has 1 unspecified atom stereocenters. The summed E-state index contributed by atoms with van der Waals surface area (Å²) < 4.78 is 1.78. The van der Waals surface area contributed by atoms with Crippen molar-refractivity contribution in [1.82, 2.24) is 9.78 Å². The molecule has 1 aromatic heterocycles. The lowest BCUT2D eigenvalue weighted by Gasteiger charge is -2.20. The van der Waals surface area contributed by atoms with Gasteiger partial charge in [-0.05, 0) is 17.5 Å². The van der Waals surface area contributed by atoms with Gasteiger partial charge >= 0.3 is 0 Å². The summed E-state index contributed by atoms with van der Waals surface area (Å²) in [7, 11) is 1.89. The molecule has 3 nitrogen and oxygen atoms in total. The average Bonchev–Trinajstić information content (AvgIpc) is 2.80. The first-order valence-corrected chi connectivity index (χ1v) is 7.14. The Labute approximate surface area is 121 Å². The van der Waals surface area contributed by atoms with Crippen molar-refractivity contribution in [3.8, 4) is 0 Å². The molecule has 0 aliphatic rings. The van der Waals surface area contributed by atoms with E-state index in [-0.39, 0.29) is 5.41 Å². The molecule has 0 fully saturated rings. The molecule has 0 amide bonds. The Bertz CT molecular complexity index is 576. The smallest absolute Gasteiger partial charge is 0.107 e. The minimum Gasteiger partial charge on any atom is -0.384 e. The van der Waals surface area contributed by atoms with Gasteiger partial charge in [-0.15, -0.1) is 0 Å². The highest BCUT2D eigenvalue weighted by Gasteiger charge is 2.26. The highest BCUT2D eigenvalue weighted by Crippen LogP contribution is 2.31. The van der Waals surface area contributed by atoms with Crippen LogP contribution in [0.1, 0.15) is 56.2 Å². The Morgan fingerprint density at radius 3 is 2.30 bits per heavy atom. The standard InChI is InChI=1S/C17H24N2O/c1-6-12-7-9-13(10-8-12)15(20)14-11-19(5)18-16(14)17(2,3)4/h7-11,15,20H,6H2,1-5H3. The summed E-state index contributed by atoms with van der Waals surface area (Å²) in [5, 5.41) is 15.2. The number of aromatic nitrogens is 2. The summed E-state index contributed by atoms with van der Waals surface area (Å²) in [5.74, 6) is 0. The first-order chi connectivity index (χ1) is 9.32. The zero-order valence-electron chi connectivity index (χ0n) is 13.0. The van der Waals surface area contributed by atoms with Gasteiger partial charge in [0.15, 0.2) is 0 Å². The van der Waals surface area contributed by atoms with E-state index in [1.165, 1.54) is 5.56 Å². The number of hydrogen-bond acceptors (Lipinski definition) is 2. The van der Waals surface area contributed by atoms with E-state index in [9.17, 15) is 5.11 Å². The fraction of sp³-hybridized carbons (Fsp3) is 0.471. The second kappa shape index (κ2) is 5.41. The molecule has 0 spiro atoms. The molecular weight excluding hydrogens is 248 g/mol. The predicted octanol–water partition coefficient (Wildman–Crippen LogP) is 3.36. The van der Waals surface area contributed by atoms with Crippen molar-refractivity contribution in [3.63, 3.8) is 0 Å². The van der Waals surface area contributed by atoms with Gasteiger partial charge in [-0.25, -0.2) is 0 Å². The molecule has 3 heteroatoms. The van der Waals surface area contributed by atoms with Gasteiger partial charge in [0.1, 0.15) is 6.10 Å². The topological polar surface area (TPSA) is 38.0 Å². The average molecular weight is 272 g/mol. The van der Waals surface area contributed by atoms with E-state index in [4.69, 9.17) is 0 Å². The molecule has 0 aliphatic carbocycles. The lowest BCUT2D eigenvalue weighted by atomic mass is 9.87. The maximum Gasteiger partial charge on any atom is 0.107 e. The zero-order chi connectivity index (χ0) is 14.9. The summed E-state index contributed by atoms with van der Waals surface area (Å²) in [6, 6.07) is 8.16. The zero-order valence-corrected chi connectivity index (χ0v) is 13.0. The third-order valence-corrected chi connectivity index (χ3v) is 3.57. The van der Waals surface area contributed by atoms with E-state index < -0.39 is 6.10 Å². The molecule has 1 atom stereocenters. The van der Waals surface area contributed by atoms with Gasteiger partial charge in [0.2, 0.25) is 0 Å². The Kier molecular flexibility index (Phi) is 4.00. The van der Waals surface area contributed by atoms with E-state index in [0.29, 0.717) is 0 Å². The highest BCUT2D eigenvalue weighted by atomic mass is 16.3. The van der Waals surface area contributed by atoms with Crippen molar-refractivity contribution < 1.29 is 5.11 Å². The maximum absolute atomic E-state index is 10.7. The number of aliphatic hydroxyl groups is 1. The van der Waals surface area contributed by atoms with Gasteiger partial charge in [0, 0.05) is 24.2 Å². The Balaban J connectivity index is 2.39. The van der Waals surface area contributed by atoms with E-state index in [1.807, 2.05) is 25.4 Å². The van der Waals surface area contributed by atoms with Crippen LogP contribution in [0, 0.1) is 0 Å². The number of aryl methyl sites for hydroxylation is 2. The van der Waals surface area contributed by atoms with Crippen LogP contribution in [0.4, 0.5) is 0 Å². The molecule has 108 valence electrons. The fourth-order valence-electron chi connectivity index (χ4n) is 2.41. The van der Waals surface area contributed by atoms with Crippen LogP contribution in [0.2, 0.25) is 0 Å². The number of rotatable bonds is 3. The second-order valence-corrected chi connectivity index (χ2v) is 6.35. The van der Waals surface area contributed by atoms with Crippen LogP contribution < -0.4 is 0 Å². The van der Waals surface area contributed by atoms with E-state index in [1.54, 1.807) is 4.68 Å². The third kappa shape index (κ3) is 2.93. The minimum atomic E-state index is -0.621. The number of aliphatic hydroxyl groups excluding tert-OH is 1. The second-order valence-electron chi connectivity index (χ2n) is 6.35. The van der Waals surface area contributed by atoms with Crippen LogP contribution >= 0.6 is 0 Å². The van der Waals surface area contributed by atoms with Crippen LogP contribution in [-0.4, -0.2) is 14.9 Å². The van der Waals surface area contributed by atoms with Gasteiger partial charge in [-0.2, -0.15) is 5.10 Å². The van der Waals surface area contributed by atoms with Gasteiger partial charge < -0.3 is 5.11 Å². The van der Waals surface area contributed by atoms with E-state index in [0.717, 1.165) is 23.2 Å². The SMILES string of the molecule is CCc1ccc(C(O)c2cn(C)nc2C(C)(C)C)cc1. The summed E-state index contributed by atoms with van der Waals surface area (Å²) in [4.78, 5) is 0. The molecule has 0 bridgehead atoms. The van der Waals surface area contributed by atoms with Crippen LogP contribution in [0.25, 0.3) is 0 Å². The molecule has 0 aliphatic heterocycles. The molecule has 2 rings (SSSR count). The Morgan fingerprint density at radius 1 is 1.20 bits per heavy atom. The van der Waals surface area contributed by atoms with Gasteiger partial charge in [0.25, 0.3) is 0 Å². The highest BCUT2D eigenvalue weighted by molar-refractivity contribution is 5.35. The number of benzene rings is 1. The van der Waals surface area contributed by atoms with Crippen molar-refractivity contribution in [2.75, 3.05) is 0 Å². The first kappa shape index (κ1) is 14.8. The first-order valence-electron chi connectivity index (χ1n) is 7.14. The van der Waals surface area contributed by atoms with Crippen molar-refractivity contribution >= 4 is 0 Å². The summed E-state index contributed by atoms with van der Waals surface area (Å²) in [6.07, 6.45) is 2.30. The Hall–Kier alpha value is -1.61. The van der Waals surface area contributed by atoms with Crippen molar-refractivity contribution in [3.05, 3.63) is 52.8 Å². The van der Waals surface area contributed by atoms with Crippen LogP contribution in [0.15, 0.2) is 30.5 Å². The largest absolute Gasteiger partial charge is 0.384 e. The molecule has 0 radical (unpaired) electrons. The Morgan fingerprint density at radius 2 is 1.80 bits per heavy atom. The van der Waals surface area contributed by atoms with Gasteiger partial charge in [-0.1, -0.05) is 52.0 Å². The quantitative estimate of drug-likeness (QED) is 0.930. The molecular formula is C17H24N2O. The molecule has 1 heterocycles. The molecule has 1 N–H and O–H groups in total. The summed E-state index contributed by atoms with van der Waals surface area (Å²) in [6.45, 7) is 8.48. The van der Waals surface area contributed by atoms with E-state index in [2.05, 4.69) is 44.9 Å². The monoisotopic (exact) mass is 272 g/mol. The normalized spacial score (nSPS) is 13.5. The summed E-state index contributed by atoms with van der Waals surface area (Å²) in [5.41, 5.74) is 3.96. The van der Waals surface area contributed by atoms with Crippen molar-refractivity contribution in [2.45, 2.75) is 45.6 Å². The van der Waals surface area contributed by atoms with E-state index >= 15 is 0 Å². The fourth-order valence-corrected chi connectivity index (χ4v) is 2.41. The third-order valence-electron chi connectivity index (χ3n) is 3.57. The summed E-state index contributed by atoms with van der Waals surface area (Å²) >= 11 is 0. The van der Waals surface area contributed by atoms with Crippen LogP contribution in [0.5, 0.6) is 0 Å². The number of hydrogen-bond donors (Lipinski definition) is 1. The van der Waals surface area contributed by atoms with Crippen molar-refractivity contribution in [1.29, 1.82) is 0 Å². The predicted molar refractivity (Wildman–Crippen MR) is 81.8 cm³/mol. The molecule has 0 saturated heterocycles. The molecule has 20 heavy (non-hydrogen) atoms. The lowest BCUT2D eigenvalue weighted by molar-refractivity contribution is 0.217. The number of nitrogens with zero attached hydrogens (tertiary/aromatic N) is 2. The van der Waals surface area contributed by atoms with Crippen molar-refractivity contribution in [2.24, 2.45) is 7.05 Å². The van der Waals surface area contributed by atoms with Crippen LogP contribution in [-0.2, 0) is 18.9 Å². The van der Waals surface area contributed by atoms with Gasteiger partial charge in [0.05, 0.1) is 5.69 Å². The molecule has 0 saturated carbocycles. The molecule has 1 aromatic carbocycles.